The van der Waals surface area contributed by atoms with Crippen LogP contribution < -0.4 is 21.3 Å². The molecule has 0 radical (unpaired) electrons. The molecule has 0 aliphatic rings. The van der Waals surface area contributed by atoms with Gasteiger partial charge in [-0.2, -0.15) is 0 Å². The summed E-state index contributed by atoms with van der Waals surface area (Å²) in [6.45, 7) is 8.54. The molecule has 0 fully saturated rings. The van der Waals surface area contributed by atoms with Gasteiger partial charge in [0.25, 0.3) is 5.88 Å². The van der Waals surface area contributed by atoms with Crippen LogP contribution in [0.3, 0.4) is 0 Å². The van der Waals surface area contributed by atoms with Crippen LogP contribution in [0.1, 0.15) is 40.5 Å². The third kappa shape index (κ3) is 6.10. The number of H-pyrrole nitrogens is 1. The van der Waals surface area contributed by atoms with Crippen LogP contribution in [0.2, 0.25) is 0 Å². The van der Waals surface area contributed by atoms with E-state index in [0.717, 1.165) is 12.8 Å². The minimum absolute atomic E-state index is 0.0710. The van der Waals surface area contributed by atoms with Gasteiger partial charge in [-0.25, -0.2) is 15.2 Å². The molecular formula is C12H23N5O2. The number of nitrogens with zero attached hydrogens (tertiary/aromatic N) is 1. The number of aromatic amines is 1. The number of hydrogen-bond acceptors (Lipinski definition) is 5. The number of nitrogens with two attached hydrogens (primary N) is 1. The molecule has 5 N–H and O–H groups in total. The Hall–Kier alpha value is -1.76. The van der Waals surface area contributed by atoms with Gasteiger partial charge < -0.3 is 15.5 Å². The molecule has 1 amide bonds. The van der Waals surface area contributed by atoms with E-state index in [0.29, 0.717) is 0 Å². The Bertz CT molecular complexity index is 410. The van der Waals surface area contributed by atoms with E-state index >= 15 is 0 Å². The number of hydrazine groups is 1. The van der Waals surface area contributed by atoms with Crippen molar-refractivity contribution in [3.05, 3.63) is 6.33 Å². The Morgan fingerprint density at radius 3 is 2.79 bits per heavy atom. The molecule has 0 aliphatic carbocycles. The van der Waals surface area contributed by atoms with Crippen LogP contribution in [-0.4, -0.2) is 22.1 Å². The summed E-state index contributed by atoms with van der Waals surface area (Å²) in [5.41, 5.74) is 11.1. The highest BCUT2D eigenvalue weighted by Gasteiger charge is 2.14. The Labute approximate surface area is 113 Å². The van der Waals surface area contributed by atoms with E-state index in [1.165, 1.54) is 6.33 Å². The number of amides is 1. The minimum atomic E-state index is -0.638. The molecule has 0 saturated heterocycles. The smallest absolute Gasteiger partial charge is 0.386 e. The van der Waals surface area contributed by atoms with Gasteiger partial charge >= 0.3 is 6.09 Å². The lowest BCUT2D eigenvalue weighted by atomic mass is 9.89. The summed E-state index contributed by atoms with van der Waals surface area (Å²) in [5.74, 6) is 0.289. The third-order valence-electron chi connectivity index (χ3n) is 2.57. The SMILES string of the molecule is CC(CCC(C)(C)C)NNC(=O)Oc1nc[nH]c1N. The van der Waals surface area contributed by atoms with E-state index in [1.807, 2.05) is 6.92 Å². The summed E-state index contributed by atoms with van der Waals surface area (Å²) in [5, 5.41) is 0. The van der Waals surface area contributed by atoms with Crippen molar-refractivity contribution in [3.63, 3.8) is 0 Å². The Kier molecular flexibility index (Phi) is 5.17. The van der Waals surface area contributed by atoms with Gasteiger partial charge in [0.15, 0.2) is 5.82 Å². The molecule has 0 spiro atoms. The highest BCUT2D eigenvalue weighted by Crippen LogP contribution is 2.21. The number of imidazole rings is 1. The first kappa shape index (κ1) is 15.3. The maximum absolute atomic E-state index is 11.5. The Balaban J connectivity index is 2.25. The molecule has 0 aliphatic heterocycles. The second-order valence-electron chi connectivity index (χ2n) is 5.78. The van der Waals surface area contributed by atoms with Crippen molar-refractivity contribution in [2.75, 3.05) is 5.73 Å². The van der Waals surface area contributed by atoms with Crippen LogP contribution in [0.5, 0.6) is 5.88 Å². The van der Waals surface area contributed by atoms with Gasteiger partial charge in [-0.3, -0.25) is 5.43 Å². The van der Waals surface area contributed by atoms with Gasteiger partial charge in [-0.05, 0) is 25.2 Å². The first-order chi connectivity index (χ1) is 8.78. The zero-order chi connectivity index (χ0) is 14.5. The highest BCUT2D eigenvalue weighted by atomic mass is 16.6. The van der Waals surface area contributed by atoms with Crippen LogP contribution in [-0.2, 0) is 0 Å². The number of carbonyl (C=O) groups excluding carboxylic acids is 1. The van der Waals surface area contributed by atoms with E-state index in [9.17, 15) is 4.79 Å². The zero-order valence-electron chi connectivity index (χ0n) is 11.9. The van der Waals surface area contributed by atoms with Crippen molar-refractivity contribution in [1.29, 1.82) is 0 Å². The fourth-order valence-electron chi connectivity index (χ4n) is 1.39. The molecule has 1 aromatic heterocycles. The normalized spacial score (nSPS) is 13.1. The third-order valence-corrected chi connectivity index (χ3v) is 2.57. The number of anilines is 1. The standard InChI is InChI=1S/C12H23N5O2/c1-8(5-6-12(2,3)4)16-17-11(18)19-10-9(13)14-7-15-10/h7-8,16H,5-6,13H2,1-4H3,(H,14,15)(H,17,18). The van der Waals surface area contributed by atoms with Crippen LogP contribution >= 0.6 is 0 Å². The van der Waals surface area contributed by atoms with Gasteiger partial charge in [0.2, 0.25) is 0 Å². The van der Waals surface area contributed by atoms with Crippen molar-refractivity contribution < 1.29 is 9.53 Å². The molecule has 1 atom stereocenters. The predicted molar refractivity (Wildman–Crippen MR) is 73.4 cm³/mol. The quantitative estimate of drug-likeness (QED) is 0.610. The van der Waals surface area contributed by atoms with Gasteiger partial charge in [-0.15, -0.1) is 0 Å². The lowest BCUT2D eigenvalue weighted by Gasteiger charge is -2.21. The van der Waals surface area contributed by atoms with E-state index in [1.54, 1.807) is 0 Å². The number of nitrogens with one attached hydrogen (secondary N) is 3. The van der Waals surface area contributed by atoms with Gasteiger partial charge in [0.05, 0.1) is 6.33 Å². The van der Waals surface area contributed by atoms with Crippen LogP contribution in [0.15, 0.2) is 6.33 Å². The molecule has 7 heteroatoms. The molecule has 7 nitrogen and oxygen atoms in total. The second-order valence-corrected chi connectivity index (χ2v) is 5.78. The number of hydrogen-bond donors (Lipinski definition) is 4. The van der Waals surface area contributed by atoms with Gasteiger partial charge in [0.1, 0.15) is 0 Å². The van der Waals surface area contributed by atoms with Gasteiger partial charge in [-0.1, -0.05) is 20.8 Å². The molecule has 1 aromatic rings. The number of nitrogen functional groups attached to an aromatic ring is 1. The molecule has 0 saturated carbocycles. The van der Waals surface area contributed by atoms with Gasteiger partial charge in [0, 0.05) is 6.04 Å². The number of ether oxygens (including phenoxy) is 1. The molecular weight excluding hydrogens is 246 g/mol. The van der Waals surface area contributed by atoms with Crippen LogP contribution in [0.4, 0.5) is 10.6 Å². The Morgan fingerprint density at radius 1 is 1.58 bits per heavy atom. The van der Waals surface area contributed by atoms with Crippen molar-refractivity contribution in [2.24, 2.45) is 5.41 Å². The summed E-state index contributed by atoms with van der Waals surface area (Å²) >= 11 is 0. The highest BCUT2D eigenvalue weighted by molar-refractivity contribution is 5.70. The Morgan fingerprint density at radius 2 is 2.26 bits per heavy atom. The number of rotatable bonds is 5. The maximum Gasteiger partial charge on any atom is 0.428 e. The molecule has 19 heavy (non-hydrogen) atoms. The van der Waals surface area contributed by atoms with Crippen LogP contribution in [0, 0.1) is 5.41 Å². The predicted octanol–water partition coefficient (Wildman–Crippen LogP) is 1.80. The van der Waals surface area contributed by atoms with E-state index in [-0.39, 0.29) is 23.2 Å². The molecule has 0 bridgehead atoms. The average Bonchev–Trinajstić information content (AvgIpc) is 2.69. The maximum atomic E-state index is 11.5. The van der Waals surface area contributed by atoms with Crippen molar-refractivity contribution >= 4 is 11.9 Å². The topological polar surface area (TPSA) is 105 Å². The molecule has 0 aromatic carbocycles. The monoisotopic (exact) mass is 269 g/mol. The largest absolute Gasteiger partial charge is 0.428 e. The summed E-state index contributed by atoms with van der Waals surface area (Å²) in [4.78, 5) is 17.8. The van der Waals surface area contributed by atoms with Crippen molar-refractivity contribution in [3.8, 4) is 5.88 Å². The molecule has 1 unspecified atom stereocenters. The first-order valence-electron chi connectivity index (χ1n) is 6.30. The molecule has 1 heterocycles. The average molecular weight is 269 g/mol. The van der Waals surface area contributed by atoms with E-state index in [2.05, 4.69) is 41.6 Å². The van der Waals surface area contributed by atoms with Crippen molar-refractivity contribution in [1.82, 2.24) is 20.8 Å². The summed E-state index contributed by atoms with van der Waals surface area (Å²) < 4.78 is 4.90. The zero-order valence-corrected chi connectivity index (χ0v) is 11.9. The van der Waals surface area contributed by atoms with Crippen LogP contribution in [0.25, 0.3) is 0 Å². The fourth-order valence-corrected chi connectivity index (χ4v) is 1.39. The van der Waals surface area contributed by atoms with Crippen molar-refractivity contribution in [2.45, 2.75) is 46.6 Å². The minimum Gasteiger partial charge on any atom is -0.386 e. The lowest BCUT2D eigenvalue weighted by molar-refractivity contribution is 0.190. The lowest BCUT2D eigenvalue weighted by Crippen LogP contribution is -2.44. The summed E-state index contributed by atoms with van der Waals surface area (Å²) in [6.07, 6.45) is 2.73. The molecule has 1 rings (SSSR count). The first-order valence-corrected chi connectivity index (χ1v) is 6.30. The second kappa shape index (κ2) is 6.42. The van der Waals surface area contributed by atoms with E-state index in [4.69, 9.17) is 10.5 Å². The number of aromatic nitrogens is 2. The molecule has 108 valence electrons. The summed E-state index contributed by atoms with van der Waals surface area (Å²) in [7, 11) is 0. The summed E-state index contributed by atoms with van der Waals surface area (Å²) in [6, 6.07) is 0.156. The number of carbonyl (C=O) groups is 1. The fraction of sp³-hybridized carbons (Fsp3) is 0.667. The van der Waals surface area contributed by atoms with E-state index < -0.39 is 6.09 Å².